The van der Waals surface area contributed by atoms with E-state index in [9.17, 15) is 9.59 Å². The van der Waals surface area contributed by atoms with E-state index in [1.54, 1.807) is 18.2 Å². The minimum Gasteiger partial charge on any atom is -0.326 e. The Kier molecular flexibility index (Phi) is 4.39. The molecular weight excluding hydrogens is 266 g/mol. The molecule has 0 radical (unpaired) electrons. The van der Waals surface area contributed by atoms with Gasteiger partial charge in [0.05, 0.1) is 10.7 Å². The average molecular weight is 282 g/mol. The Bertz CT molecular complexity index is 501. The number of amides is 2. The van der Waals surface area contributed by atoms with Crippen molar-refractivity contribution in [1.82, 2.24) is 5.32 Å². The number of carbonyl (C=O) groups is 2. The van der Waals surface area contributed by atoms with Crippen molar-refractivity contribution in [3.8, 4) is 0 Å². The molecule has 0 aliphatic carbocycles. The van der Waals surface area contributed by atoms with E-state index in [2.05, 4.69) is 16.0 Å². The van der Waals surface area contributed by atoms with E-state index >= 15 is 0 Å². The van der Waals surface area contributed by atoms with E-state index < -0.39 is 0 Å². The standard InChI is InChI=1S/C13H16ClN3O2/c1-8(18)16-12-3-2-10(5-11(12)14)17-13(19)4-9-6-15-7-9/h2-3,5,9,15H,4,6-7H2,1H3,(H,16,18)(H,17,19). The molecule has 0 spiro atoms. The summed E-state index contributed by atoms with van der Waals surface area (Å²) in [6.45, 7) is 3.21. The zero-order valence-corrected chi connectivity index (χ0v) is 11.4. The first-order valence-corrected chi connectivity index (χ1v) is 6.50. The molecule has 1 aromatic carbocycles. The zero-order valence-electron chi connectivity index (χ0n) is 10.6. The van der Waals surface area contributed by atoms with Crippen LogP contribution < -0.4 is 16.0 Å². The average Bonchev–Trinajstić information content (AvgIpc) is 2.27. The van der Waals surface area contributed by atoms with Crippen LogP contribution in [0.2, 0.25) is 5.02 Å². The molecule has 1 heterocycles. The van der Waals surface area contributed by atoms with Gasteiger partial charge in [0.15, 0.2) is 0 Å². The lowest BCUT2D eigenvalue weighted by Gasteiger charge is -2.26. The Morgan fingerprint density at radius 1 is 1.37 bits per heavy atom. The maximum absolute atomic E-state index is 11.7. The van der Waals surface area contributed by atoms with Crippen molar-refractivity contribution in [2.75, 3.05) is 23.7 Å². The molecule has 1 aliphatic heterocycles. The first-order chi connectivity index (χ1) is 9.04. The lowest BCUT2D eigenvalue weighted by Crippen LogP contribution is -2.43. The highest BCUT2D eigenvalue weighted by Crippen LogP contribution is 2.25. The highest BCUT2D eigenvalue weighted by molar-refractivity contribution is 6.34. The molecule has 0 aromatic heterocycles. The smallest absolute Gasteiger partial charge is 0.224 e. The fourth-order valence-corrected chi connectivity index (χ4v) is 2.08. The van der Waals surface area contributed by atoms with E-state index in [0.29, 0.717) is 28.7 Å². The third-order valence-electron chi connectivity index (χ3n) is 2.90. The Hall–Kier alpha value is -1.59. The van der Waals surface area contributed by atoms with E-state index in [4.69, 9.17) is 11.6 Å². The molecule has 1 aromatic rings. The van der Waals surface area contributed by atoms with E-state index in [1.807, 2.05) is 0 Å². The number of benzene rings is 1. The maximum atomic E-state index is 11.7. The first kappa shape index (κ1) is 13.8. The monoisotopic (exact) mass is 281 g/mol. The molecule has 0 atom stereocenters. The Morgan fingerprint density at radius 2 is 2.11 bits per heavy atom. The van der Waals surface area contributed by atoms with Gasteiger partial charge in [0.2, 0.25) is 11.8 Å². The SMILES string of the molecule is CC(=O)Nc1ccc(NC(=O)CC2CNC2)cc1Cl. The number of nitrogens with one attached hydrogen (secondary N) is 3. The molecule has 2 amide bonds. The predicted octanol–water partition coefficient (Wildman–Crippen LogP) is 1.85. The van der Waals surface area contributed by atoms with Crippen LogP contribution in [-0.2, 0) is 9.59 Å². The van der Waals surface area contributed by atoms with Crippen LogP contribution in [0.4, 0.5) is 11.4 Å². The summed E-state index contributed by atoms with van der Waals surface area (Å²) >= 11 is 6.03. The number of anilines is 2. The minimum absolute atomic E-state index is 0.0187. The van der Waals surface area contributed by atoms with Crippen LogP contribution >= 0.6 is 11.6 Å². The van der Waals surface area contributed by atoms with Gasteiger partial charge in [0.1, 0.15) is 0 Å². The van der Waals surface area contributed by atoms with Crippen LogP contribution in [0.1, 0.15) is 13.3 Å². The summed E-state index contributed by atoms with van der Waals surface area (Å²) < 4.78 is 0. The molecule has 2 rings (SSSR count). The summed E-state index contributed by atoms with van der Waals surface area (Å²) in [7, 11) is 0. The van der Waals surface area contributed by atoms with Crippen molar-refractivity contribution in [1.29, 1.82) is 0 Å². The lowest BCUT2D eigenvalue weighted by molar-refractivity contribution is -0.117. The van der Waals surface area contributed by atoms with Gasteiger partial charge in [-0.3, -0.25) is 9.59 Å². The van der Waals surface area contributed by atoms with Gasteiger partial charge >= 0.3 is 0 Å². The first-order valence-electron chi connectivity index (χ1n) is 6.12. The molecule has 5 nitrogen and oxygen atoms in total. The quantitative estimate of drug-likeness (QED) is 0.789. The maximum Gasteiger partial charge on any atom is 0.224 e. The highest BCUT2D eigenvalue weighted by atomic mass is 35.5. The summed E-state index contributed by atoms with van der Waals surface area (Å²) in [5.41, 5.74) is 1.17. The molecule has 19 heavy (non-hydrogen) atoms. The molecule has 0 saturated carbocycles. The van der Waals surface area contributed by atoms with E-state index in [1.165, 1.54) is 6.92 Å². The fraction of sp³-hybridized carbons (Fsp3) is 0.385. The number of hydrogen-bond acceptors (Lipinski definition) is 3. The van der Waals surface area contributed by atoms with Crippen LogP contribution in [0.25, 0.3) is 0 Å². The second-order valence-corrected chi connectivity index (χ2v) is 5.06. The van der Waals surface area contributed by atoms with E-state index in [0.717, 1.165) is 13.1 Å². The fourth-order valence-electron chi connectivity index (χ4n) is 1.85. The summed E-state index contributed by atoms with van der Waals surface area (Å²) in [6, 6.07) is 5.02. The largest absolute Gasteiger partial charge is 0.326 e. The molecule has 1 fully saturated rings. The Balaban J connectivity index is 1.94. The zero-order chi connectivity index (χ0) is 13.8. The molecule has 102 valence electrons. The summed E-state index contributed by atoms with van der Waals surface area (Å²) in [6.07, 6.45) is 0.512. The van der Waals surface area contributed by atoms with Crippen molar-refractivity contribution in [2.45, 2.75) is 13.3 Å². The minimum atomic E-state index is -0.184. The molecule has 1 aliphatic rings. The lowest BCUT2D eigenvalue weighted by atomic mass is 9.99. The van der Waals surface area contributed by atoms with Gasteiger partial charge in [-0.2, -0.15) is 0 Å². The van der Waals surface area contributed by atoms with Crippen molar-refractivity contribution in [2.24, 2.45) is 5.92 Å². The second-order valence-electron chi connectivity index (χ2n) is 4.65. The molecule has 6 heteroatoms. The Morgan fingerprint density at radius 3 is 2.63 bits per heavy atom. The van der Waals surface area contributed by atoms with Crippen molar-refractivity contribution in [3.05, 3.63) is 23.2 Å². The summed E-state index contributed by atoms with van der Waals surface area (Å²) in [5.74, 6) is 0.222. The molecule has 0 unspecified atom stereocenters. The molecule has 3 N–H and O–H groups in total. The van der Waals surface area contributed by atoms with Crippen LogP contribution in [0, 0.1) is 5.92 Å². The van der Waals surface area contributed by atoms with Gasteiger partial charge in [-0.05, 0) is 37.2 Å². The molecular formula is C13H16ClN3O2. The number of carbonyl (C=O) groups excluding carboxylic acids is 2. The Labute approximate surface area is 116 Å². The van der Waals surface area contributed by atoms with Gasteiger partial charge in [-0.1, -0.05) is 11.6 Å². The topological polar surface area (TPSA) is 70.2 Å². The third-order valence-corrected chi connectivity index (χ3v) is 3.22. The second kappa shape index (κ2) is 6.04. The van der Waals surface area contributed by atoms with Gasteiger partial charge in [-0.15, -0.1) is 0 Å². The van der Waals surface area contributed by atoms with Crippen molar-refractivity contribution < 1.29 is 9.59 Å². The van der Waals surface area contributed by atoms with Gasteiger partial charge in [0.25, 0.3) is 0 Å². The van der Waals surface area contributed by atoms with Crippen LogP contribution in [-0.4, -0.2) is 24.9 Å². The van der Waals surface area contributed by atoms with Crippen LogP contribution in [0.15, 0.2) is 18.2 Å². The normalized spacial score (nSPS) is 14.6. The highest BCUT2D eigenvalue weighted by Gasteiger charge is 2.20. The van der Waals surface area contributed by atoms with Crippen LogP contribution in [0.5, 0.6) is 0 Å². The van der Waals surface area contributed by atoms with Gasteiger partial charge in [0, 0.05) is 19.0 Å². The van der Waals surface area contributed by atoms with Crippen molar-refractivity contribution >= 4 is 34.8 Å². The predicted molar refractivity (Wildman–Crippen MR) is 75.4 cm³/mol. The van der Waals surface area contributed by atoms with Crippen LogP contribution in [0.3, 0.4) is 0 Å². The van der Waals surface area contributed by atoms with Crippen molar-refractivity contribution in [3.63, 3.8) is 0 Å². The molecule has 0 bridgehead atoms. The summed E-state index contributed by atoms with van der Waals surface area (Å²) in [4.78, 5) is 22.7. The number of hydrogen-bond donors (Lipinski definition) is 3. The van der Waals surface area contributed by atoms with Gasteiger partial charge in [-0.25, -0.2) is 0 Å². The van der Waals surface area contributed by atoms with Gasteiger partial charge < -0.3 is 16.0 Å². The number of halogens is 1. The molecule has 1 saturated heterocycles. The van der Waals surface area contributed by atoms with E-state index in [-0.39, 0.29) is 11.8 Å². The number of rotatable bonds is 4. The summed E-state index contributed by atoms with van der Waals surface area (Å²) in [5, 5.41) is 8.94. The third kappa shape index (κ3) is 3.94.